The number of piperazine rings is 1. The number of carbonyl (C=O) groups is 1. The third-order valence-corrected chi connectivity index (χ3v) is 6.54. The molecule has 0 spiro atoms. The monoisotopic (exact) mass is 463 g/mol. The lowest BCUT2D eigenvalue weighted by Crippen LogP contribution is -2.42. The van der Waals surface area contributed by atoms with E-state index in [9.17, 15) is 4.79 Å². The molecule has 1 aliphatic heterocycles. The van der Waals surface area contributed by atoms with Crippen LogP contribution in [0.1, 0.15) is 43.9 Å². The maximum atomic E-state index is 13.1. The topological polar surface area (TPSA) is 62.5 Å². The first-order chi connectivity index (χ1) is 17.1. The highest BCUT2D eigenvalue weighted by Crippen LogP contribution is 2.18. The van der Waals surface area contributed by atoms with Crippen molar-refractivity contribution in [3.63, 3.8) is 0 Å². The van der Waals surface area contributed by atoms with Crippen molar-refractivity contribution in [3.05, 3.63) is 100.0 Å². The molecule has 0 unspecified atom stereocenters. The molecular weight excluding hydrogens is 434 g/mol. The number of carbonyl (C=O) groups excluding carboxylic acids is 1. The Bertz CT molecular complexity index is 1440. The van der Waals surface area contributed by atoms with E-state index in [0.717, 1.165) is 55.1 Å². The maximum absolute atomic E-state index is 13.1. The number of nitrogens with one attached hydrogen (secondary N) is 1. The van der Waals surface area contributed by atoms with Gasteiger partial charge in [0.1, 0.15) is 5.69 Å². The van der Waals surface area contributed by atoms with Crippen LogP contribution in [0.3, 0.4) is 0 Å². The predicted octanol–water partition coefficient (Wildman–Crippen LogP) is 3.58. The second kappa shape index (κ2) is 10.2. The summed E-state index contributed by atoms with van der Waals surface area (Å²) in [5, 5.41) is 7.70. The summed E-state index contributed by atoms with van der Waals surface area (Å²) in [5.41, 5.74) is 7.64. The molecule has 2 aromatic carbocycles. The molecule has 1 saturated heterocycles. The van der Waals surface area contributed by atoms with Crippen LogP contribution >= 0.6 is 0 Å². The van der Waals surface area contributed by atoms with E-state index in [0.29, 0.717) is 17.7 Å². The first-order valence-electron chi connectivity index (χ1n) is 12.0. The number of nitrogens with zero attached hydrogens (tertiary/aromatic N) is 4. The summed E-state index contributed by atoms with van der Waals surface area (Å²) in [6, 6.07) is 15.9. The molecule has 6 nitrogen and oxygen atoms in total. The van der Waals surface area contributed by atoms with Crippen LogP contribution in [0.5, 0.6) is 0 Å². The third kappa shape index (κ3) is 5.32. The van der Waals surface area contributed by atoms with Crippen molar-refractivity contribution in [2.45, 2.75) is 26.8 Å². The predicted molar refractivity (Wildman–Crippen MR) is 138 cm³/mol. The summed E-state index contributed by atoms with van der Waals surface area (Å²) in [7, 11) is 0. The molecule has 0 atom stereocenters. The Kier molecular flexibility index (Phi) is 6.71. The molecule has 0 saturated carbocycles. The highest BCUT2D eigenvalue weighted by Gasteiger charge is 2.13. The smallest absolute Gasteiger partial charge is 0.167 e. The molecule has 5 rings (SSSR count). The lowest BCUT2D eigenvalue weighted by Gasteiger charge is -2.27. The Morgan fingerprint density at radius 3 is 2.71 bits per heavy atom. The molecule has 4 aromatic rings. The van der Waals surface area contributed by atoms with Gasteiger partial charge < -0.3 is 5.32 Å². The number of fused-ring (bicyclic) bond motifs is 1. The zero-order valence-corrected chi connectivity index (χ0v) is 20.2. The molecule has 176 valence electrons. The van der Waals surface area contributed by atoms with Crippen molar-refractivity contribution in [2.75, 3.05) is 26.2 Å². The molecule has 0 amide bonds. The summed E-state index contributed by atoms with van der Waals surface area (Å²) < 4.78 is 1.71. The van der Waals surface area contributed by atoms with Crippen molar-refractivity contribution < 1.29 is 4.79 Å². The van der Waals surface area contributed by atoms with Crippen molar-refractivity contribution in [3.8, 4) is 11.8 Å². The zero-order chi connectivity index (χ0) is 24.2. The van der Waals surface area contributed by atoms with Gasteiger partial charge in [-0.1, -0.05) is 36.3 Å². The Hall–Kier alpha value is -3.79. The molecule has 3 heterocycles. The molecule has 35 heavy (non-hydrogen) atoms. The van der Waals surface area contributed by atoms with Gasteiger partial charge in [-0.25, -0.2) is 9.50 Å². The summed E-state index contributed by atoms with van der Waals surface area (Å²) in [4.78, 5) is 19.9. The maximum Gasteiger partial charge on any atom is 0.167 e. The van der Waals surface area contributed by atoms with Crippen molar-refractivity contribution >= 4 is 11.4 Å². The largest absolute Gasteiger partial charge is 0.314 e. The Morgan fingerprint density at radius 2 is 1.89 bits per heavy atom. The summed E-state index contributed by atoms with van der Waals surface area (Å²) in [6.45, 7) is 9.35. The molecule has 0 bridgehead atoms. The van der Waals surface area contributed by atoms with Crippen LogP contribution in [0, 0.1) is 25.7 Å². The first kappa shape index (κ1) is 23.0. The van der Waals surface area contributed by atoms with Crippen molar-refractivity contribution in [1.82, 2.24) is 24.8 Å². The molecule has 0 radical (unpaired) electrons. The van der Waals surface area contributed by atoms with Gasteiger partial charge >= 0.3 is 0 Å². The number of aromatic nitrogens is 3. The van der Waals surface area contributed by atoms with Crippen LogP contribution in [0.25, 0.3) is 5.65 Å². The number of hydrogen-bond donors (Lipinski definition) is 1. The zero-order valence-electron chi connectivity index (χ0n) is 20.2. The minimum Gasteiger partial charge on any atom is -0.314 e. The summed E-state index contributed by atoms with van der Waals surface area (Å²) in [6.07, 6.45) is 3.81. The third-order valence-electron chi connectivity index (χ3n) is 6.54. The number of aryl methyl sites for hydroxylation is 2. The second-order valence-corrected chi connectivity index (χ2v) is 9.10. The normalized spacial score (nSPS) is 14.0. The van der Waals surface area contributed by atoms with E-state index in [1.165, 1.54) is 11.1 Å². The van der Waals surface area contributed by atoms with Gasteiger partial charge in [-0.15, -0.1) is 0 Å². The number of benzene rings is 2. The van der Waals surface area contributed by atoms with E-state index in [2.05, 4.69) is 57.3 Å². The second-order valence-electron chi connectivity index (χ2n) is 9.10. The molecule has 1 N–H and O–H groups in total. The number of rotatable bonds is 5. The molecule has 1 fully saturated rings. The number of hydrogen-bond acceptors (Lipinski definition) is 5. The Balaban J connectivity index is 1.31. The quantitative estimate of drug-likeness (QED) is 0.362. The summed E-state index contributed by atoms with van der Waals surface area (Å²) in [5.74, 6) is 6.46. The van der Waals surface area contributed by atoms with Gasteiger partial charge in [0.15, 0.2) is 11.4 Å². The lowest BCUT2D eigenvalue weighted by molar-refractivity contribution is 0.0993. The van der Waals surface area contributed by atoms with E-state index in [1.807, 2.05) is 37.3 Å². The van der Waals surface area contributed by atoms with E-state index < -0.39 is 0 Å². The van der Waals surface area contributed by atoms with Crippen molar-refractivity contribution in [1.29, 1.82) is 0 Å². The van der Waals surface area contributed by atoms with Crippen LogP contribution in [0.15, 0.2) is 60.9 Å². The fourth-order valence-corrected chi connectivity index (χ4v) is 4.42. The van der Waals surface area contributed by atoms with Crippen LogP contribution in [-0.4, -0.2) is 51.5 Å². The van der Waals surface area contributed by atoms with Gasteiger partial charge in [-0.05, 0) is 60.2 Å². The molecule has 0 aliphatic carbocycles. The molecule has 1 aliphatic rings. The highest BCUT2D eigenvalue weighted by atomic mass is 16.1. The van der Waals surface area contributed by atoms with Crippen molar-refractivity contribution in [2.24, 2.45) is 0 Å². The fraction of sp³-hybridized carbons (Fsp3) is 0.276. The Labute approximate surface area is 206 Å². The molecule has 6 heteroatoms. The van der Waals surface area contributed by atoms with Gasteiger partial charge in [0.25, 0.3) is 0 Å². The van der Waals surface area contributed by atoms with E-state index in [-0.39, 0.29) is 5.78 Å². The molecule has 2 aromatic heterocycles. The van der Waals surface area contributed by atoms with Gasteiger partial charge in [0, 0.05) is 56.5 Å². The number of imidazole rings is 1. The minimum absolute atomic E-state index is 0.0961. The van der Waals surface area contributed by atoms with E-state index in [4.69, 9.17) is 0 Å². The summed E-state index contributed by atoms with van der Waals surface area (Å²) >= 11 is 0. The highest BCUT2D eigenvalue weighted by molar-refractivity contribution is 5.98. The van der Waals surface area contributed by atoms with Gasteiger partial charge in [0.05, 0.1) is 6.20 Å². The van der Waals surface area contributed by atoms with E-state index >= 15 is 0 Å². The molecular formula is C29H29N5O. The van der Waals surface area contributed by atoms with Crippen LogP contribution in [0.4, 0.5) is 0 Å². The SMILES string of the molecule is Cc1ccc(C(=O)Cc2ccc(CN3CCNCC3)c(C)c2)cc1C#Cc1cnc2cccnn12. The fourth-order valence-electron chi connectivity index (χ4n) is 4.42. The van der Waals surface area contributed by atoms with Gasteiger partial charge in [-0.3, -0.25) is 9.69 Å². The lowest BCUT2D eigenvalue weighted by atomic mass is 9.96. The first-order valence-corrected chi connectivity index (χ1v) is 12.0. The average Bonchev–Trinajstić information content (AvgIpc) is 3.29. The van der Waals surface area contributed by atoms with Crippen LogP contribution in [-0.2, 0) is 13.0 Å². The average molecular weight is 464 g/mol. The van der Waals surface area contributed by atoms with E-state index in [1.54, 1.807) is 16.9 Å². The van der Waals surface area contributed by atoms with Crippen LogP contribution in [0.2, 0.25) is 0 Å². The number of ketones is 1. The van der Waals surface area contributed by atoms with Crippen LogP contribution < -0.4 is 5.32 Å². The minimum atomic E-state index is 0.0961. The Morgan fingerprint density at radius 1 is 1.03 bits per heavy atom. The standard InChI is InChI=1S/C29H29N5O/c1-21-5-7-25(18-24(21)9-10-27-19-31-29-4-3-11-32-34(27)29)28(35)17-23-6-8-26(22(2)16-23)20-33-14-12-30-13-15-33/h3-8,11,16,18-19,30H,12-15,17,20H2,1-2H3. The van der Waals surface area contributed by atoms with Gasteiger partial charge in [-0.2, -0.15) is 5.10 Å². The van der Waals surface area contributed by atoms with Gasteiger partial charge in [0.2, 0.25) is 0 Å². The number of Topliss-reactive ketones (excluding diaryl/α,β-unsaturated/α-hetero) is 1.